The number of hydrogen-bond acceptors (Lipinski definition) is 2. The zero-order valence-electron chi connectivity index (χ0n) is 10.4. The van der Waals surface area contributed by atoms with Crippen LogP contribution in [0.1, 0.15) is 24.1 Å². The Kier molecular flexibility index (Phi) is 3.78. The van der Waals surface area contributed by atoms with Gasteiger partial charge in [0.1, 0.15) is 5.75 Å². The molecule has 0 aliphatic heterocycles. The van der Waals surface area contributed by atoms with Gasteiger partial charge in [-0.2, -0.15) is 0 Å². The number of benzene rings is 2. The van der Waals surface area contributed by atoms with E-state index >= 15 is 0 Å². The first kappa shape index (κ1) is 12.8. The molecule has 0 aliphatic carbocycles. The van der Waals surface area contributed by atoms with Gasteiger partial charge in [0.05, 0.1) is 0 Å². The average molecular weight is 262 g/mol. The summed E-state index contributed by atoms with van der Waals surface area (Å²) in [5, 5.41) is 13.6. The van der Waals surface area contributed by atoms with Crippen molar-refractivity contribution < 1.29 is 5.11 Å². The number of anilines is 1. The van der Waals surface area contributed by atoms with Crippen molar-refractivity contribution in [1.82, 2.24) is 0 Å². The molecule has 0 saturated carbocycles. The Hall–Kier alpha value is -1.67. The minimum atomic E-state index is 0.106. The minimum Gasteiger partial charge on any atom is -0.508 e. The average Bonchev–Trinajstić information content (AvgIpc) is 2.35. The Labute approximate surface area is 112 Å². The van der Waals surface area contributed by atoms with E-state index in [1.165, 1.54) is 0 Å². The maximum Gasteiger partial charge on any atom is 0.115 e. The van der Waals surface area contributed by atoms with Gasteiger partial charge in [0, 0.05) is 16.8 Å². The molecule has 0 spiro atoms. The highest BCUT2D eigenvalue weighted by atomic mass is 35.5. The summed E-state index contributed by atoms with van der Waals surface area (Å²) in [4.78, 5) is 0. The summed E-state index contributed by atoms with van der Waals surface area (Å²) in [5.74, 6) is 0.281. The number of hydrogen-bond donors (Lipinski definition) is 2. The third kappa shape index (κ3) is 2.77. The summed E-state index contributed by atoms with van der Waals surface area (Å²) in [6.45, 7) is 4.04. The fourth-order valence-corrected chi connectivity index (χ4v) is 2.05. The zero-order valence-corrected chi connectivity index (χ0v) is 11.2. The Balaban J connectivity index is 2.21. The predicted octanol–water partition coefficient (Wildman–Crippen LogP) is 4.53. The zero-order chi connectivity index (χ0) is 13.1. The van der Waals surface area contributed by atoms with Crippen molar-refractivity contribution in [2.24, 2.45) is 0 Å². The Morgan fingerprint density at radius 2 is 1.89 bits per heavy atom. The molecule has 1 atom stereocenters. The van der Waals surface area contributed by atoms with Crippen LogP contribution in [0.25, 0.3) is 0 Å². The summed E-state index contributed by atoms with van der Waals surface area (Å²) < 4.78 is 0. The lowest BCUT2D eigenvalue weighted by molar-refractivity contribution is 0.474. The van der Waals surface area contributed by atoms with Crippen molar-refractivity contribution in [2.45, 2.75) is 19.9 Å². The Morgan fingerprint density at radius 1 is 1.17 bits per heavy atom. The van der Waals surface area contributed by atoms with E-state index in [2.05, 4.69) is 12.2 Å². The lowest BCUT2D eigenvalue weighted by atomic mass is 10.1. The summed E-state index contributed by atoms with van der Waals surface area (Å²) in [6.07, 6.45) is 0. The number of aromatic hydroxyl groups is 1. The minimum absolute atomic E-state index is 0.106. The number of rotatable bonds is 3. The van der Waals surface area contributed by atoms with Crippen LogP contribution in [0, 0.1) is 6.92 Å². The lowest BCUT2D eigenvalue weighted by Crippen LogP contribution is -2.07. The van der Waals surface area contributed by atoms with Crippen molar-refractivity contribution in [3.8, 4) is 5.75 Å². The number of phenolic OH excluding ortho intramolecular Hbond substituents is 1. The van der Waals surface area contributed by atoms with Crippen molar-refractivity contribution >= 4 is 17.3 Å². The molecular formula is C15H16ClNO. The van der Waals surface area contributed by atoms with Gasteiger partial charge in [-0.05, 0) is 49.2 Å². The Morgan fingerprint density at radius 3 is 2.61 bits per heavy atom. The molecule has 18 heavy (non-hydrogen) atoms. The second-order valence-corrected chi connectivity index (χ2v) is 4.78. The fourth-order valence-electron chi connectivity index (χ4n) is 1.87. The molecule has 0 fully saturated rings. The molecule has 2 nitrogen and oxygen atoms in total. The third-order valence-corrected chi connectivity index (χ3v) is 3.42. The molecule has 0 bridgehead atoms. The van der Waals surface area contributed by atoms with Gasteiger partial charge in [-0.1, -0.05) is 29.8 Å². The molecular weight excluding hydrogens is 246 g/mol. The first-order chi connectivity index (χ1) is 8.58. The van der Waals surface area contributed by atoms with E-state index < -0.39 is 0 Å². The van der Waals surface area contributed by atoms with Crippen LogP contribution in [0.5, 0.6) is 5.75 Å². The first-order valence-corrected chi connectivity index (χ1v) is 6.26. The molecule has 2 rings (SSSR count). The largest absolute Gasteiger partial charge is 0.508 e. The van der Waals surface area contributed by atoms with Crippen LogP contribution in [0.15, 0.2) is 42.5 Å². The van der Waals surface area contributed by atoms with Gasteiger partial charge in [0.15, 0.2) is 0 Å². The van der Waals surface area contributed by atoms with E-state index in [0.29, 0.717) is 0 Å². The molecule has 94 valence electrons. The summed E-state index contributed by atoms with van der Waals surface area (Å²) >= 11 is 6.09. The molecule has 0 aliphatic rings. The standard InChI is InChI=1S/C15H16ClNO/c1-10-14(16)7-4-8-15(10)17-11(2)12-5-3-6-13(18)9-12/h3-9,11,17-18H,1-2H3. The maximum atomic E-state index is 9.48. The first-order valence-electron chi connectivity index (χ1n) is 5.88. The van der Waals surface area contributed by atoms with Gasteiger partial charge in [-0.15, -0.1) is 0 Å². The van der Waals surface area contributed by atoms with Crippen LogP contribution < -0.4 is 5.32 Å². The van der Waals surface area contributed by atoms with Crippen molar-refractivity contribution in [3.63, 3.8) is 0 Å². The lowest BCUT2D eigenvalue weighted by Gasteiger charge is -2.18. The van der Waals surface area contributed by atoms with Gasteiger partial charge in [0.25, 0.3) is 0 Å². The van der Waals surface area contributed by atoms with Crippen molar-refractivity contribution in [3.05, 3.63) is 58.6 Å². The molecule has 0 aromatic heterocycles. The van der Waals surface area contributed by atoms with E-state index in [0.717, 1.165) is 21.8 Å². The number of halogens is 1. The van der Waals surface area contributed by atoms with E-state index in [-0.39, 0.29) is 11.8 Å². The highest BCUT2D eigenvalue weighted by Crippen LogP contribution is 2.27. The summed E-state index contributed by atoms with van der Waals surface area (Å²) in [5.41, 5.74) is 3.08. The molecule has 0 heterocycles. The SMILES string of the molecule is Cc1c(Cl)cccc1NC(C)c1cccc(O)c1. The van der Waals surface area contributed by atoms with Crippen molar-refractivity contribution in [2.75, 3.05) is 5.32 Å². The van der Waals surface area contributed by atoms with Crippen LogP contribution in [-0.4, -0.2) is 5.11 Å². The van der Waals surface area contributed by atoms with Gasteiger partial charge in [-0.25, -0.2) is 0 Å². The van der Waals surface area contributed by atoms with Crippen LogP contribution >= 0.6 is 11.6 Å². The molecule has 3 heteroatoms. The quantitative estimate of drug-likeness (QED) is 0.851. The smallest absolute Gasteiger partial charge is 0.115 e. The highest BCUT2D eigenvalue weighted by molar-refractivity contribution is 6.31. The van der Waals surface area contributed by atoms with E-state index in [1.807, 2.05) is 37.3 Å². The van der Waals surface area contributed by atoms with E-state index in [9.17, 15) is 5.11 Å². The van der Waals surface area contributed by atoms with Gasteiger partial charge >= 0.3 is 0 Å². The second kappa shape index (κ2) is 5.32. The predicted molar refractivity (Wildman–Crippen MR) is 76.3 cm³/mol. The van der Waals surface area contributed by atoms with Gasteiger partial charge < -0.3 is 10.4 Å². The van der Waals surface area contributed by atoms with E-state index in [1.54, 1.807) is 12.1 Å². The van der Waals surface area contributed by atoms with Crippen molar-refractivity contribution in [1.29, 1.82) is 0 Å². The van der Waals surface area contributed by atoms with Crippen LogP contribution in [0.2, 0.25) is 5.02 Å². The normalized spacial score (nSPS) is 12.2. The highest BCUT2D eigenvalue weighted by Gasteiger charge is 2.08. The van der Waals surface area contributed by atoms with Gasteiger partial charge in [0.2, 0.25) is 0 Å². The molecule has 0 amide bonds. The fraction of sp³-hybridized carbons (Fsp3) is 0.200. The van der Waals surface area contributed by atoms with Crippen LogP contribution in [0.4, 0.5) is 5.69 Å². The monoisotopic (exact) mass is 261 g/mol. The third-order valence-electron chi connectivity index (χ3n) is 3.01. The number of phenols is 1. The molecule has 0 saturated heterocycles. The van der Waals surface area contributed by atoms with Crippen LogP contribution in [0.3, 0.4) is 0 Å². The molecule has 0 radical (unpaired) electrons. The van der Waals surface area contributed by atoms with Gasteiger partial charge in [-0.3, -0.25) is 0 Å². The summed E-state index contributed by atoms with van der Waals surface area (Å²) in [7, 11) is 0. The maximum absolute atomic E-state index is 9.48. The summed E-state index contributed by atoms with van der Waals surface area (Å²) in [6, 6.07) is 13.2. The Bertz CT molecular complexity index is 554. The molecule has 2 aromatic rings. The second-order valence-electron chi connectivity index (χ2n) is 4.37. The molecule has 1 unspecified atom stereocenters. The number of nitrogens with one attached hydrogen (secondary N) is 1. The van der Waals surface area contributed by atoms with Crippen LogP contribution in [-0.2, 0) is 0 Å². The molecule has 2 N–H and O–H groups in total. The van der Waals surface area contributed by atoms with E-state index in [4.69, 9.17) is 11.6 Å². The topological polar surface area (TPSA) is 32.3 Å². The molecule has 2 aromatic carbocycles.